The third-order valence-corrected chi connectivity index (χ3v) is 3.41. The summed E-state index contributed by atoms with van der Waals surface area (Å²) in [5.41, 5.74) is 1.57. The van der Waals surface area contributed by atoms with Crippen molar-refractivity contribution in [1.29, 1.82) is 0 Å². The van der Waals surface area contributed by atoms with Crippen molar-refractivity contribution in [3.63, 3.8) is 0 Å². The minimum atomic E-state index is -0.175. The molecule has 2 rings (SSSR count). The average molecular weight is 235 g/mol. The van der Waals surface area contributed by atoms with E-state index in [1.54, 1.807) is 17.4 Å². The highest BCUT2D eigenvalue weighted by Crippen LogP contribution is 2.18. The van der Waals surface area contributed by atoms with Crippen LogP contribution in [-0.4, -0.2) is 6.54 Å². The van der Waals surface area contributed by atoms with Crippen LogP contribution in [0.15, 0.2) is 35.7 Å². The van der Waals surface area contributed by atoms with Crippen molar-refractivity contribution in [2.75, 3.05) is 11.9 Å². The second-order valence-electron chi connectivity index (χ2n) is 3.69. The fourth-order valence-electron chi connectivity index (χ4n) is 1.62. The monoisotopic (exact) mass is 235 g/mol. The quantitative estimate of drug-likeness (QED) is 0.848. The maximum Gasteiger partial charge on any atom is 0.146 e. The summed E-state index contributed by atoms with van der Waals surface area (Å²) < 4.78 is 13.5. The van der Waals surface area contributed by atoms with Crippen LogP contribution in [0.2, 0.25) is 0 Å². The maximum atomic E-state index is 13.5. The molecule has 0 amide bonds. The Morgan fingerprint density at radius 2 is 2.12 bits per heavy atom. The van der Waals surface area contributed by atoms with Gasteiger partial charge in [-0.05, 0) is 36.4 Å². The lowest BCUT2D eigenvalue weighted by atomic mass is 10.2. The van der Waals surface area contributed by atoms with Gasteiger partial charge in [-0.15, -0.1) is 11.3 Å². The Hall–Kier alpha value is -1.35. The fraction of sp³-hybridized carbons (Fsp3) is 0.231. The number of para-hydroxylation sites is 1. The molecular formula is C13H14FNS. The highest BCUT2D eigenvalue weighted by Gasteiger charge is 2.03. The molecule has 0 saturated carbocycles. The van der Waals surface area contributed by atoms with Crippen molar-refractivity contribution < 1.29 is 4.39 Å². The summed E-state index contributed by atoms with van der Waals surface area (Å²) in [6, 6.07) is 9.26. The Morgan fingerprint density at radius 1 is 1.25 bits per heavy atom. The molecule has 0 unspecified atom stereocenters. The molecule has 0 saturated heterocycles. The summed E-state index contributed by atoms with van der Waals surface area (Å²) in [4.78, 5) is 1.32. The molecule has 1 aromatic carbocycles. The predicted molar refractivity (Wildman–Crippen MR) is 67.6 cm³/mol. The zero-order valence-electron chi connectivity index (χ0n) is 9.16. The minimum Gasteiger partial charge on any atom is -0.382 e. The zero-order valence-corrected chi connectivity index (χ0v) is 9.98. The van der Waals surface area contributed by atoms with Crippen molar-refractivity contribution >= 4 is 17.0 Å². The smallest absolute Gasteiger partial charge is 0.146 e. The van der Waals surface area contributed by atoms with E-state index in [0.717, 1.165) is 18.5 Å². The van der Waals surface area contributed by atoms with Crippen LogP contribution in [0.4, 0.5) is 10.1 Å². The number of thiophene rings is 1. The van der Waals surface area contributed by atoms with Crippen molar-refractivity contribution in [2.24, 2.45) is 0 Å². The first kappa shape index (κ1) is 11.1. The summed E-state index contributed by atoms with van der Waals surface area (Å²) in [5, 5.41) is 5.21. The third kappa shape index (κ3) is 2.61. The van der Waals surface area contributed by atoms with Gasteiger partial charge in [0.1, 0.15) is 5.82 Å². The van der Waals surface area contributed by atoms with E-state index in [1.165, 1.54) is 10.9 Å². The zero-order chi connectivity index (χ0) is 11.4. The molecule has 0 aliphatic rings. The van der Waals surface area contributed by atoms with Crippen LogP contribution in [0.1, 0.15) is 10.4 Å². The van der Waals surface area contributed by atoms with Crippen LogP contribution >= 0.6 is 11.3 Å². The predicted octanol–water partition coefficient (Wildman–Crippen LogP) is 3.85. The van der Waals surface area contributed by atoms with E-state index < -0.39 is 0 Å². The van der Waals surface area contributed by atoms with Gasteiger partial charge in [-0.1, -0.05) is 18.2 Å². The first-order chi connectivity index (χ1) is 7.77. The Kier molecular flexibility index (Phi) is 3.57. The second kappa shape index (κ2) is 5.12. The molecule has 3 heteroatoms. The lowest BCUT2D eigenvalue weighted by Crippen LogP contribution is -2.06. The van der Waals surface area contributed by atoms with Gasteiger partial charge in [-0.2, -0.15) is 0 Å². The van der Waals surface area contributed by atoms with Crippen LogP contribution in [0.25, 0.3) is 0 Å². The summed E-state index contributed by atoms with van der Waals surface area (Å²) in [7, 11) is 0. The summed E-state index contributed by atoms with van der Waals surface area (Å²) >= 11 is 1.73. The molecule has 0 aliphatic heterocycles. The first-order valence-corrected chi connectivity index (χ1v) is 6.16. The third-order valence-electron chi connectivity index (χ3n) is 2.48. The number of hydrogen-bond donors (Lipinski definition) is 1. The van der Waals surface area contributed by atoms with Crippen LogP contribution < -0.4 is 5.32 Å². The van der Waals surface area contributed by atoms with Crippen molar-refractivity contribution in [2.45, 2.75) is 13.3 Å². The van der Waals surface area contributed by atoms with Gasteiger partial charge in [-0.3, -0.25) is 0 Å². The van der Waals surface area contributed by atoms with Gasteiger partial charge in [0, 0.05) is 11.4 Å². The van der Waals surface area contributed by atoms with Crippen molar-refractivity contribution in [3.8, 4) is 0 Å². The number of anilines is 1. The molecule has 2 aromatic rings. The van der Waals surface area contributed by atoms with E-state index in [-0.39, 0.29) is 5.82 Å². The fourth-order valence-corrected chi connectivity index (χ4v) is 2.33. The highest BCUT2D eigenvalue weighted by atomic mass is 32.1. The molecule has 0 bridgehead atoms. The number of aryl methyl sites for hydroxylation is 1. The van der Waals surface area contributed by atoms with Crippen LogP contribution in [-0.2, 0) is 6.42 Å². The number of hydrogen-bond acceptors (Lipinski definition) is 2. The Morgan fingerprint density at radius 3 is 2.81 bits per heavy atom. The number of benzene rings is 1. The number of nitrogens with one attached hydrogen (secondary N) is 1. The Bertz CT molecular complexity index is 431. The SMILES string of the molecule is Cc1cccc(F)c1NCCc1cccs1. The molecule has 16 heavy (non-hydrogen) atoms. The number of halogens is 1. The molecule has 84 valence electrons. The molecule has 0 atom stereocenters. The van der Waals surface area contributed by atoms with Crippen LogP contribution in [0.3, 0.4) is 0 Å². The largest absolute Gasteiger partial charge is 0.382 e. The lowest BCUT2D eigenvalue weighted by Gasteiger charge is -2.09. The Balaban J connectivity index is 1.95. The van der Waals surface area contributed by atoms with Gasteiger partial charge in [0.25, 0.3) is 0 Å². The Labute approximate surface area is 98.9 Å². The first-order valence-electron chi connectivity index (χ1n) is 5.29. The van der Waals surface area contributed by atoms with Crippen molar-refractivity contribution in [3.05, 3.63) is 52.0 Å². The standard InChI is InChI=1S/C13H14FNS/c1-10-4-2-6-12(14)13(10)15-8-7-11-5-3-9-16-11/h2-6,9,15H,7-8H2,1H3. The summed E-state index contributed by atoms with van der Waals surface area (Å²) in [5.74, 6) is -0.175. The van der Waals surface area contributed by atoms with E-state index in [2.05, 4.69) is 16.8 Å². The minimum absolute atomic E-state index is 0.175. The number of rotatable bonds is 4. The van der Waals surface area contributed by atoms with Gasteiger partial charge >= 0.3 is 0 Å². The van der Waals surface area contributed by atoms with E-state index in [9.17, 15) is 4.39 Å². The van der Waals surface area contributed by atoms with E-state index in [0.29, 0.717) is 5.69 Å². The van der Waals surface area contributed by atoms with E-state index in [1.807, 2.05) is 19.1 Å². The maximum absolute atomic E-state index is 13.5. The van der Waals surface area contributed by atoms with Gasteiger partial charge < -0.3 is 5.32 Å². The van der Waals surface area contributed by atoms with Gasteiger partial charge in [-0.25, -0.2) is 4.39 Å². The average Bonchev–Trinajstić information content (AvgIpc) is 2.75. The van der Waals surface area contributed by atoms with Crippen LogP contribution in [0.5, 0.6) is 0 Å². The molecule has 1 nitrogen and oxygen atoms in total. The highest BCUT2D eigenvalue weighted by molar-refractivity contribution is 7.09. The normalized spacial score (nSPS) is 10.4. The van der Waals surface area contributed by atoms with Crippen molar-refractivity contribution in [1.82, 2.24) is 0 Å². The van der Waals surface area contributed by atoms with Gasteiger partial charge in [0.15, 0.2) is 0 Å². The second-order valence-corrected chi connectivity index (χ2v) is 4.72. The van der Waals surface area contributed by atoms with Gasteiger partial charge in [0.2, 0.25) is 0 Å². The van der Waals surface area contributed by atoms with Crippen LogP contribution in [0, 0.1) is 12.7 Å². The molecule has 0 fully saturated rings. The molecule has 0 radical (unpaired) electrons. The van der Waals surface area contributed by atoms with Gasteiger partial charge in [0.05, 0.1) is 5.69 Å². The molecule has 1 N–H and O–H groups in total. The molecule has 0 aliphatic carbocycles. The molecule has 0 spiro atoms. The molecule has 1 aromatic heterocycles. The van der Waals surface area contributed by atoms with E-state index in [4.69, 9.17) is 0 Å². The summed E-state index contributed by atoms with van der Waals surface area (Å²) in [6.07, 6.45) is 0.936. The molecule has 1 heterocycles. The topological polar surface area (TPSA) is 12.0 Å². The lowest BCUT2D eigenvalue weighted by molar-refractivity contribution is 0.629. The summed E-state index contributed by atoms with van der Waals surface area (Å²) in [6.45, 7) is 2.68. The molecular weight excluding hydrogens is 221 g/mol. The van der Waals surface area contributed by atoms with E-state index >= 15 is 0 Å².